The maximum atomic E-state index is 12.5. The van der Waals surface area contributed by atoms with Crippen LogP contribution in [0.1, 0.15) is 57.2 Å². The molecule has 0 saturated heterocycles. The van der Waals surface area contributed by atoms with E-state index >= 15 is 0 Å². The Morgan fingerprint density at radius 2 is 2.00 bits per heavy atom. The molecule has 6 nitrogen and oxygen atoms in total. The average Bonchev–Trinajstić information content (AvgIpc) is 2.72. The number of carbonyl (C=O) groups excluding carboxylic acids is 1. The van der Waals surface area contributed by atoms with Crippen LogP contribution in [0.2, 0.25) is 0 Å². The summed E-state index contributed by atoms with van der Waals surface area (Å²) in [7, 11) is 0. The lowest BCUT2D eigenvalue weighted by Crippen LogP contribution is -2.48. The monoisotopic (exact) mass is 297 g/mol. The minimum Gasteiger partial charge on any atom is -0.392 e. The predicted octanol–water partition coefficient (Wildman–Crippen LogP) is 2.54. The van der Waals surface area contributed by atoms with E-state index in [4.69, 9.17) is 4.52 Å². The molecule has 1 aromatic heterocycles. The zero-order valence-electron chi connectivity index (χ0n) is 13.8. The number of nitrogens with zero attached hydrogens (tertiary/aromatic N) is 2. The normalized spacial score (nSPS) is 14.1. The minimum absolute atomic E-state index is 0.0155. The smallest absolute Gasteiger partial charge is 0.318 e. The van der Waals surface area contributed by atoms with Crippen LogP contribution >= 0.6 is 0 Å². The standard InChI is InChI=1S/C15H27N3O3/c1-7-13(14-11(5)17-21-12(14)6)16-15(20)18(9(2)3)8-10(4)19/h9-10,13,19H,7-8H2,1-6H3,(H,16,20). The van der Waals surface area contributed by atoms with E-state index in [9.17, 15) is 9.90 Å². The lowest BCUT2D eigenvalue weighted by molar-refractivity contribution is 0.117. The molecule has 2 unspecified atom stereocenters. The predicted molar refractivity (Wildman–Crippen MR) is 81.1 cm³/mol. The number of hydrogen-bond acceptors (Lipinski definition) is 4. The van der Waals surface area contributed by atoms with Crippen LogP contribution in [0.3, 0.4) is 0 Å². The number of amides is 2. The maximum absolute atomic E-state index is 12.5. The summed E-state index contributed by atoms with van der Waals surface area (Å²) in [5.41, 5.74) is 1.73. The van der Waals surface area contributed by atoms with E-state index in [2.05, 4.69) is 10.5 Å². The van der Waals surface area contributed by atoms with Crippen LogP contribution in [0, 0.1) is 13.8 Å². The fraction of sp³-hybridized carbons (Fsp3) is 0.733. The summed E-state index contributed by atoms with van der Waals surface area (Å²) in [5.74, 6) is 0.728. The summed E-state index contributed by atoms with van der Waals surface area (Å²) < 4.78 is 5.18. The molecular formula is C15H27N3O3. The number of aliphatic hydroxyl groups is 1. The molecule has 0 aromatic carbocycles. The SMILES string of the molecule is CCC(NC(=O)N(CC(C)O)C(C)C)c1c(C)noc1C. The number of rotatable bonds is 6. The molecule has 0 aliphatic carbocycles. The Morgan fingerprint density at radius 1 is 1.38 bits per heavy atom. The Labute approximate surface area is 126 Å². The van der Waals surface area contributed by atoms with Crippen LogP contribution in [0.5, 0.6) is 0 Å². The van der Waals surface area contributed by atoms with Gasteiger partial charge in [0.25, 0.3) is 0 Å². The van der Waals surface area contributed by atoms with Gasteiger partial charge in [0, 0.05) is 18.2 Å². The van der Waals surface area contributed by atoms with Crippen molar-refractivity contribution in [3.63, 3.8) is 0 Å². The summed E-state index contributed by atoms with van der Waals surface area (Å²) in [6.45, 7) is 11.6. The van der Waals surface area contributed by atoms with E-state index in [1.165, 1.54) is 0 Å². The summed E-state index contributed by atoms with van der Waals surface area (Å²) in [6, 6.07) is -0.307. The highest BCUT2D eigenvalue weighted by molar-refractivity contribution is 5.75. The highest BCUT2D eigenvalue weighted by Crippen LogP contribution is 2.24. The van der Waals surface area contributed by atoms with E-state index in [-0.39, 0.29) is 18.1 Å². The first-order valence-corrected chi connectivity index (χ1v) is 7.45. The van der Waals surface area contributed by atoms with Gasteiger partial charge in [-0.2, -0.15) is 0 Å². The molecule has 1 aromatic rings. The largest absolute Gasteiger partial charge is 0.392 e. The van der Waals surface area contributed by atoms with E-state index in [1.54, 1.807) is 11.8 Å². The third-order valence-electron chi connectivity index (χ3n) is 3.49. The fourth-order valence-corrected chi connectivity index (χ4v) is 2.41. The molecule has 6 heteroatoms. The zero-order valence-corrected chi connectivity index (χ0v) is 13.8. The van der Waals surface area contributed by atoms with Gasteiger partial charge in [0.15, 0.2) is 0 Å². The molecule has 0 fully saturated rings. The van der Waals surface area contributed by atoms with E-state index < -0.39 is 6.10 Å². The van der Waals surface area contributed by atoms with Crippen LogP contribution in [0.25, 0.3) is 0 Å². The number of nitrogens with one attached hydrogen (secondary N) is 1. The van der Waals surface area contributed by atoms with Gasteiger partial charge in [-0.05, 0) is 41.0 Å². The first-order chi connectivity index (χ1) is 9.77. The van der Waals surface area contributed by atoms with E-state index in [1.807, 2.05) is 34.6 Å². The molecule has 0 aliphatic rings. The molecular weight excluding hydrogens is 270 g/mol. The van der Waals surface area contributed by atoms with Crippen molar-refractivity contribution in [3.05, 3.63) is 17.0 Å². The van der Waals surface area contributed by atoms with Gasteiger partial charge in [-0.15, -0.1) is 0 Å². The third-order valence-corrected chi connectivity index (χ3v) is 3.49. The number of carbonyl (C=O) groups is 1. The Morgan fingerprint density at radius 3 is 2.38 bits per heavy atom. The summed E-state index contributed by atoms with van der Waals surface area (Å²) in [4.78, 5) is 14.1. The number of hydrogen-bond donors (Lipinski definition) is 2. The van der Waals surface area contributed by atoms with Gasteiger partial charge in [0.05, 0.1) is 17.8 Å². The molecule has 1 rings (SSSR count). The lowest BCUT2D eigenvalue weighted by Gasteiger charge is -2.30. The number of aryl methyl sites for hydroxylation is 2. The topological polar surface area (TPSA) is 78.6 Å². The molecule has 0 radical (unpaired) electrons. The Balaban J connectivity index is 2.87. The highest BCUT2D eigenvalue weighted by atomic mass is 16.5. The molecule has 0 bridgehead atoms. The van der Waals surface area contributed by atoms with Crippen molar-refractivity contribution in [1.29, 1.82) is 0 Å². The molecule has 2 atom stereocenters. The van der Waals surface area contributed by atoms with Crippen molar-refractivity contribution in [3.8, 4) is 0 Å². The summed E-state index contributed by atoms with van der Waals surface area (Å²) >= 11 is 0. The van der Waals surface area contributed by atoms with E-state index in [0.717, 1.165) is 23.4 Å². The molecule has 21 heavy (non-hydrogen) atoms. The van der Waals surface area contributed by atoms with Crippen molar-refractivity contribution in [2.75, 3.05) is 6.54 Å². The molecule has 2 N–H and O–H groups in total. The first-order valence-electron chi connectivity index (χ1n) is 7.45. The van der Waals surface area contributed by atoms with Gasteiger partial charge >= 0.3 is 6.03 Å². The van der Waals surface area contributed by atoms with Crippen molar-refractivity contribution in [2.24, 2.45) is 0 Å². The van der Waals surface area contributed by atoms with Crippen LogP contribution in [0.15, 0.2) is 4.52 Å². The quantitative estimate of drug-likeness (QED) is 0.845. The second kappa shape index (κ2) is 7.45. The van der Waals surface area contributed by atoms with Crippen LogP contribution in [-0.2, 0) is 0 Å². The minimum atomic E-state index is -0.558. The maximum Gasteiger partial charge on any atom is 0.318 e. The first kappa shape index (κ1) is 17.5. The molecule has 120 valence electrons. The molecule has 0 saturated carbocycles. The second-order valence-corrected chi connectivity index (χ2v) is 5.74. The van der Waals surface area contributed by atoms with Crippen molar-refractivity contribution >= 4 is 6.03 Å². The molecule has 1 heterocycles. The summed E-state index contributed by atoms with van der Waals surface area (Å²) in [6.07, 6.45) is 0.187. The summed E-state index contributed by atoms with van der Waals surface area (Å²) in [5, 5.41) is 16.5. The van der Waals surface area contributed by atoms with Gasteiger partial charge in [-0.25, -0.2) is 4.79 Å². The third kappa shape index (κ3) is 4.46. The van der Waals surface area contributed by atoms with Gasteiger partial charge in [-0.3, -0.25) is 0 Å². The Hall–Kier alpha value is -1.56. The van der Waals surface area contributed by atoms with Gasteiger partial charge in [0.1, 0.15) is 5.76 Å². The average molecular weight is 297 g/mol. The number of aromatic nitrogens is 1. The molecule has 2 amide bonds. The van der Waals surface area contributed by atoms with Crippen molar-refractivity contribution in [2.45, 2.75) is 66.2 Å². The van der Waals surface area contributed by atoms with Gasteiger partial charge in [-0.1, -0.05) is 12.1 Å². The number of aliphatic hydroxyl groups excluding tert-OH is 1. The Bertz CT molecular complexity index is 449. The van der Waals surface area contributed by atoms with Crippen molar-refractivity contribution in [1.82, 2.24) is 15.4 Å². The Kier molecular flexibility index (Phi) is 6.20. The number of urea groups is 1. The molecule has 0 aliphatic heterocycles. The molecule has 0 spiro atoms. The fourth-order valence-electron chi connectivity index (χ4n) is 2.41. The van der Waals surface area contributed by atoms with Crippen LogP contribution in [-0.4, -0.2) is 39.9 Å². The highest BCUT2D eigenvalue weighted by Gasteiger charge is 2.25. The van der Waals surface area contributed by atoms with Crippen LogP contribution in [0.4, 0.5) is 4.79 Å². The van der Waals surface area contributed by atoms with Gasteiger partial charge in [0.2, 0.25) is 0 Å². The van der Waals surface area contributed by atoms with Gasteiger partial charge < -0.3 is 19.8 Å². The van der Waals surface area contributed by atoms with Crippen LogP contribution < -0.4 is 5.32 Å². The zero-order chi connectivity index (χ0) is 16.2. The lowest BCUT2D eigenvalue weighted by atomic mass is 10.0. The second-order valence-electron chi connectivity index (χ2n) is 5.74. The van der Waals surface area contributed by atoms with Crippen molar-refractivity contribution < 1.29 is 14.4 Å². The van der Waals surface area contributed by atoms with E-state index in [0.29, 0.717) is 6.54 Å².